The van der Waals surface area contributed by atoms with Gasteiger partial charge in [-0.05, 0) is 18.1 Å². The molecule has 0 bridgehead atoms. The van der Waals surface area contributed by atoms with Crippen molar-refractivity contribution in [1.82, 2.24) is 20.3 Å². The molecule has 2 heterocycles. The van der Waals surface area contributed by atoms with E-state index in [1.54, 1.807) is 24.7 Å². The number of nitrogens with one attached hydrogen (secondary N) is 2. The molecule has 2 aromatic rings. The van der Waals surface area contributed by atoms with Gasteiger partial charge in [-0.2, -0.15) is 0 Å². The number of halogens is 1. The van der Waals surface area contributed by atoms with E-state index in [1.807, 2.05) is 13.8 Å². The first-order valence-electron chi connectivity index (χ1n) is 6.49. The molecular formula is C14H17ClN4O. The Balaban J connectivity index is 1.98. The van der Waals surface area contributed by atoms with Crippen molar-refractivity contribution in [3.05, 3.63) is 46.8 Å². The van der Waals surface area contributed by atoms with Gasteiger partial charge in [0.2, 0.25) is 0 Å². The van der Waals surface area contributed by atoms with Crippen LogP contribution in [0.25, 0.3) is 0 Å². The number of aromatic amines is 1. The Morgan fingerprint density at radius 1 is 1.45 bits per heavy atom. The maximum Gasteiger partial charge on any atom is 0.251 e. The Morgan fingerprint density at radius 2 is 2.25 bits per heavy atom. The Labute approximate surface area is 122 Å². The molecule has 0 radical (unpaired) electrons. The summed E-state index contributed by atoms with van der Waals surface area (Å²) in [4.78, 5) is 23.2. The van der Waals surface area contributed by atoms with E-state index >= 15 is 0 Å². The molecule has 0 spiro atoms. The summed E-state index contributed by atoms with van der Waals surface area (Å²) in [5.74, 6) is 0.0842. The second-order valence-corrected chi connectivity index (χ2v) is 5.23. The molecule has 6 heteroatoms. The number of nitrogens with zero attached hydrogens (tertiary/aromatic N) is 2. The fourth-order valence-electron chi connectivity index (χ4n) is 1.78. The molecule has 1 amide bonds. The first-order valence-corrected chi connectivity index (χ1v) is 6.87. The highest BCUT2D eigenvalue weighted by molar-refractivity contribution is 6.29. The zero-order chi connectivity index (χ0) is 14.5. The topological polar surface area (TPSA) is 70.7 Å². The number of hydrogen-bond donors (Lipinski definition) is 2. The predicted molar refractivity (Wildman–Crippen MR) is 78.0 cm³/mol. The molecule has 20 heavy (non-hydrogen) atoms. The van der Waals surface area contributed by atoms with Crippen LogP contribution in [0.3, 0.4) is 0 Å². The smallest absolute Gasteiger partial charge is 0.251 e. The van der Waals surface area contributed by atoms with E-state index in [1.165, 1.54) is 0 Å². The minimum absolute atomic E-state index is 0.143. The molecule has 0 fully saturated rings. The van der Waals surface area contributed by atoms with Crippen molar-refractivity contribution in [2.75, 3.05) is 6.54 Å². The molecule has 0 unspecified atom stereocenters. The van der Waals surface area contributed by atoms with Crippen molar-refractivity contribution < 1.29 is 4.79 Å². The van der Waals surface area contributed by atoms with Crippen molar-refractivity contribution in [3.8, 4) is 0 Å². The number of aromatic nitrogens is 3. The second kappa shape index (κ2) is 6.52. The Hall–Kier alpha value is -1.88. The first kappa shape index (κ1) is 14.5. The van der Waals surface area contributed by atoms with Gasteiger partial charge >= 0.3 is 0 Å². The highest BCUT2D eigenvalue weighted by Crippen LogP contribution is 2.17. The van der Waals surface area contributed by atoms with Gasteiger partial charge in [0, 0.05) is 36.1 Å². The summed E-state index contributed by atoms with van der Waals surface area (Å²) in [6.07, 6.45) is 4.07. The van der Waals surface area contributed by atoms with Crippen LogP contribution in [-0.4, -0.2) is 27.4 Å². The Kier molecular flexibility index (Phi) is 4.74. The van der Waals surface area contributed by atoms with Gasteiger partial charge in [0.25, 0.3) is 5.91 Å². The standard InChI is InChI=1S/C14H17ClN4O/c1-9(2)12-5-10(6-13(15)19-12)14(20)17-4-3-11-7-16-8-18-11/h5-9H,3-4H2,1-2H3,(H,16,18)(H,17,20). The van der Waals surface area contributed by atoms with E-state index in [0.29, 0.717) is 23.7 Å². The summed E-state index contributed by atoms with van der Waals surface area (Å²) in [6, 6.07) is 3.36. The lowest BCUT2D eigenvalue weighted by Gasteiger charge is -2.09. The summed E-state index contributed by atoms with van der Waals surface area (Å²) in [6.45, 7) is 4.56. The number of imidazole rings is 1. The van der Waals surface area contributed by atoms with E-state index in [-0.39, 0.29) is 11.8 Å². The molecule has 2 rings (SSSR count). The van der Waals surface area contributed by atoms with Crippen LogP contribution in [0.15, 0.2) is 24.7 Å². The average molecular weight is 293 g/mol. The summed E-state index contributed by atoms with van der Waals surface area (Å²) in [5, 5.41) is 3.20. The lowest BCUT2D eigenvalue weighted by atomic mass is 10.1. The molecule has 0 atom stereocenters. The number of hydrogen-bond acceptors (Lipinski definition) is 3. The fraction of sp³-hybridized carbons (Fsp3) is 0.357. The van der Waals surface area contributed by atoms with Crippen LogP contribution >= 0.6 is 11.6 Å². The van der Waals surface area contributed by atoms with Crippen LogP contribution < -0.4 is 5.32 Å². The van der Waals surface area contributed by atoms with Gasteiger partial charge in [-0.15, -0.1) is 0 Å². The predicted octanol–water partition coefficient (Wildman–Crippen LogP) is 2.55. The Bertz CT molecular complexity index is 581. The lowest BCUT2D eigenvalue weighted by molar-refractivity contribution is 0.0954. The number of pyridine rings is 1. The van der Waals surface area contributed by atoms with Crippen molar-refractivity contribution >= 4 is 17.5 Å². The van der Waals surface area contributed by atoms with Gasteiger partial charge in [0.15, 0.2) is 0 Å². The molecule has 2 aromatic heterocycles. The quantitative estimate of drug-likeness (QED) is 0.832. The summed E-state index contributed by atoms with van der Waals surface area (Å²) in [5.41, 5.74) is 2.34. The minimum atomic E-state index is -0.143. The fourth-order valence-corrected chi connectivity index (χ4v) is 1.99. The average Bonchev–Trinajstić information content (AvgIpc) is 2.91. The molecule has 0 saturated heterocycles. The van der Waals surface area contributed by atoms with Gasteiger partial charge in [0.05, 0.1) is 6.33 Å². The maximum absolute atomic E-state index is 12.1. The SMILES string of the molecule is CC(C)c1cc(C(=O)NCCc2cnc[nH]2)cc(Cl)n1. The molecule has 0 aliphatic heterocycles. The number of carbonyl (C=O) groups excluding carboxylic acids is 1. The zero-order valence-electron chi connectivity index (χ0n) is 11.5. The molecule has 2 N–H and O–H groups in total. The Morgan fingerprint density at radius 3 is 2.90 bits per heavy atom. The maximum atomic E-state index is 12.1. The second-order valence-electron chi connectivity index (χ2n) is 4.84. The third-order valence-electron chi connectivity index (χ3n) is 2.90. The highest BCUT2D eigenvalue weighted by atomic mass is 35.5. The molecular weight excluding hydrogens is 276 g/mol. The van der Waals surface area contributed by atoms with Gasteiger partial charge in [0.1, 0.15) is 5.15 Å². The van der Waals surface area contributed by atoms with Gasteiger partial charge in [-0.1, -0.05) is 25.4 Å². The van der Waals surface area contributed by atoms with Crippen LogP contribution in [0.2, 0.25) is 5.15 Å². The zero-order valence-corrected chi connectivity index (χ0v) is 12.2. The number of amides is 1. The van der Waals surface area contributed by atoms with Crippen molar-refractivity contribution in [3.63, 3.8) is 0 Å². The summed E-state index contributed by atoms with van der Waals surface area (Å²) in [7, 11) is 0. The van der Waals surface area contributed by atoms with E-state index < -0.39 is 0 Å². The monoisotopic (exact) mass is 292 g/mol. The first-order chi connectivity index (χ1) is 9.56. The van der Waals surface area contributed by atoms with Crippen molar-refractivity contribution in [2.45, 2.75) is 26.2 Å². The van der Waals surface area contributed by atoms with Gasteiger partial charge in [-0.25, -0.2) is 9.97 Å². The van der Waals surface area contributed by atoms with Gasteiger partial charge < -0.3 is 10.3 Å². The van der Waals surface area contributed by atoms with E-state index in [0.717, 1.165) is 11.4 Å². The number of carbonyl (C=O) groups is 1. The molecule has 0 aromatic carbocycles. The molecule has 0 saturated carbocycles. The van der Waals surface area contributed by atoms with Crippen LogP contribution in [0.1, 0.15) is 41.5 Å². The summed E-state index contributed by atoms with van der Waals surface area (Å²) >= 11 is 5.95. The van der Waals surface area contributed by atoms with Crippen LogP contribution in [0.5, 0.6) is 0 Å². The van der Waals surface area contributed by atoms with Crippen molar-refractivity contribution in [1.29, 1.82) is 0 Å². The van der Waals surface area contributed by atoms with Crippen LogP contribution in [-0.2, 0) is 6.42 Å². The largest absolute Gasteiger partial charge is 0.352 e. The minimum Gasteiger partial charge on any atom is -0.352 e. The van der Waals surface area contributed by atoms with Crippen LogP contribution in [0.4, 0.5) is 0 Å². The summed E-state index contributed by atoms with van der Waals surface area (Å²) < 4.78 is 0. The third-order valence-corrected chi connectivity index (χ3v) is 3.10. The van der Waals surface area contributed by atoms with Crippen LogP contribution in [0, 0.1) is 0 Å². The van der Waals surface area contributed by atoms with Crippen molar-refractivity contribution in [2.24, 2.45) is 0 Å². The molecule has 0 aliphatic carbocycles. The molecule has 106 valence electrons. The van der Waals surface area contributed by atoms with E-state index in [9.17, 15) is 4.79 Å². The highest BCUT2D eigenvalue weighted by Gasteiger charge is 2.11. The van der Waals surface area contributed by atoms with E-state index in [2.05, 4.69) is 20.3 Å². The number of H-pyrrole nitrogens is 1. The number of rotatable bonds is 5. The lowest BCUT2D eigenvalue weighted by Crippen LogP contribution is -2.26. The normalized spacial score (nSPS) is 10.8. The molecule has 0 aliphatic rings. The van der Waals surface area contributed by atoms with E-state index in [4.69, 9.17) is 11.6 Å². The molecule has 5 nitrogen and oxygen atoms in total. The van der Waals surface area contributed by atoms with Gasteiger partial charge in [-0.3, -0.25) is 4.79 Å². The third kappa shape index (κ3) is 3.81.